The molecule has 2 aliphatic rings. The van der Waals surface area contributed by atoms with Crippen molar-refractivity contribution >= 4 is 51.4 Å². The van der Waals surface area contributed by atoms with Crippen LogP contribution in [-0.4, -0.2) is 70.4 Å². The summed E-state index contributed by atoms with van der Waals surface area (Å²) in [5, 5.41) is 0. The van der Waals surface area contributed by atoms with Gasteiger partial charge in [-0.2, -0.15) is 0 Å². The van der Waals surface area contributed by atoms with Gasteiger partial charge in [0.05, 0.1) is 11.2 Å². The van der Waals surface area contributed by atoms with E-state index in [1.165, 1.54) is 0 Å². The molecule has 7 nitrogen and oxygen atoms in total. The lowest BCUT2D eigenvalue weighted by atomic mass is 10.2. The molecule has 0 unspecified atom stereocenters. The van der Waals surface area contributed by atoms with Gasteiger partial charge in [0.25, 0.3) is 0 Å². The van der Waals surface area contributed by atoms with Gasteiger partial charge in [-0.25, -0.2) is 0 Å². The van der Waals surface area contributed by atoms with E-state index in [0.717, 1.165) is 0 Å². The summed E-state index contributed by atoms with van der Waals surface area (Å²) in [5.41, 5.74) is -0.918. The van der Waals surface area contributed by atoms with Crippen LogP contribution < -0.4 is 0 Å². The third-order valence-electron chi connectivity index (χ3n) is 4.87. The lowest BCUT2D eigenvalue weighted by Crippen LogP contribution is -3.03. The van der Waals surface area contributed by atoms with Gasteiger partial charge in [0.1, 0.15) is 16.5 Å². The van der Waals surface area contributed by atoms with Gasteiger partial charge in [-0.05, 0) is 67.7 Å². The van der Waals surface area contributed by atoms with Crippen molar-refractivity contribution in [3.05, 3.63) is 0 Å². The standard InChI is InChI=1S/C18H48N2O5Si6/c1-17(2,3)21-31(22-18(4,5)6)24-29(15,16)23-30(25-31)19(26(7,8)9)28(13,14)20(30)27(10,11)12/h1-16H3. The van der Waals surface area contributed by atoms with E-state index in [2.05, 4.69) is 73.3 Å². The molecule has 1 spiro atoms. The molecule has 2 aliphatic heterocycles. The summed E-state index contributed by atoms with van der Waals surface area (Å²) in [5.74, 6) is 0. The maximum Gasteiger partial charge on any atom is 0.664 e. The summed E-state index contributed by atoms with van der Waals surface area (Å²) in [6.45, 7) is 35.9. The molecule has 0 aromatic carbocycles. The topological polar surface area (TPSA) is 52.6 Å². The first kappa shape index (κ1) is 28.3. The van der Waals surface area contributed by atoms with Crippen LogP contribution in [0.4, 0.5) is 0 Å². The zero-order valence-corrected chi connectivity index (χ0v) is 28.9. The summed E-state index contributed by atoms with van der Waals surface area (Å²) in [6.07, 6.45) is 0. The van der Waals surface area contributed by atoms with Crippen LogP contribution in [0.15, 0.2) is 0 Å². The van der Waals surface area contributed by atoms with Crippen LogP contribution in [0.2, 0.25) is 65.5 Å². The average molecular weight is 541 g/mol. The Hall–Kier alpha value is 1.02. The zero-order valence-electron chi connectivity index (χ0n) is 22.9. The molecule has 2 rings (SSSR count). The molecule has 0 amide bonds. The number of rotatable bonds is 4. The zero-order chi connectivity index (χ0) is 24.7. The van der Waals surface area contributed by atoms with Crippen molar-refractivity contribution in [3.63, 3.8) is 0 Å². The van der Waals surface area contributed by atoms with Gasteiger partial charge in [0.15, 0.2) is 8.40 Å². The molecule has 0 aliphatic carbocycles. The molecule has 0 radical (unpaired) electrons. The molecular formula is C18H48N2O5Si6. The van der Waals surface area contributed by atoms with Gasteiger partial charge < -0.3 is 29.0 Å². The Morgan fingerprint density at radius 2 is 0.968 bits per heavy atom. The Bertz CT molecular complexity index is 648. The van der Waals surface area contributed by atoms with Crippen molar-refractivity contribution < 1.29 is 21.2 Å². The molecule has 184 valence electrons. The van der Waals surface area contributed by atoms with Crippen molar-refractivity contribution in [2.24, 2.45) is 0 Å². The minimum absolute atomic E-state index is 0.459. The van der Waals surface area contributed by atoms with Crippen LogP contribution >= 0.6 is 0 Å². The van der Waals surface area contributed by atoms with Crippen LogP contribution in [0, 0.1) is 0 Å². The van der Waals surface area contributed by atoms with E-state index >= 15 is 0 Å². The summed E-state index contributed by atoms with van der Waals surface area (Å²) in [7, 11) is -14.5. The van der Waals surface area contributed by atoms with Crippen molar-refractivity contribution in [2.75, 3.05) is 0 Å². The molecule has 0 aromatic rings. The minimum Gasteiger partial charge on any atom is -0.392 e. The van der Waals surface area contributed by atoms with Gasteiger partial charge in [-0.15, -0.1) is 0 Å². The highest BCUT2D eigenvalue weighted by Gasteiger charge is 2.82. The fourth-order valence-electron chi connectivity index (χ4n) is 5.22. The molecule has 0 aromatic heterocycles. The molecule has 0 atom stereocenters. The Morgan fingerprint density at radius 3 is 1.26 bits per heavy atom. The smallest absolute Gasteiger partial charge is 0.392 e. The van der Waals surface area contributed by atoms with E-state index in [9.17, 15) is 0 Å². The molecule has 0 saturated carbocycles. The first-order chi connectivity index (χ1) is 13.3. The fraction of sp³-hybridized carbons (Fsp3) is 1.00. The van der Waals surface area contributed by atoms with Crippen molar-refractivity contribution in [1.82, 2.24) is 7.79 Å². The fourth-order valence-corrected chi connectivity index (χ4v) is 49.5. The van der Waals surface area contributed by atoms with Gasteiger partial charge in [0.2, 0.25) is 0 Å². The van der Waals surface area contributed by atoms with Crippen LogP contribution in [0.25, 0.3) is 0 Å². The van der Waals surface area contributed by atoms with Crippen LogP contribution in [0.5, 0.6) is 0 Å². The quantitative estimate of drug-likeness (QED) is 0.452. The second kappa shape index (κ2) is 7.76. The Morgan fingerprint density at radius 1 is 0.613 bits per heavy atom. The monoisotopic (exact) mass is 540 g/mol. The summed E-state index contributed by atoms with van der Waals surface area (Å²) < 4.78 is 39.7. The van der Waals surface area contributed by atoms with E-state index in [4.69, 9.17) is 21.2 Å². The molecule has 31 heavy (non-hydrogen) atoms. The Labute approximate surface area is 198 Å². The third kappa shape index (κ3) is 5.82. The minimum atomic E-state index is -3.52. The van der Waals surface area contributed by atoms with Crippen LogP contribution in [0.1, 0.15) is 41.5 Å². The molecule has 0 N–H and O–H groups in total. The van der Waals surface area contributed by atoms with Crippen LogP contribution in [-0.2, 0) is 21.2 Å². The highest BCUT2D eigenvalue weighted by molar-refractivity contribution is 7.19. The molecule has 0 bridgehead atoms. The highest BCUT2D eigenvalue weighted by Crippen LogP contribution is 2.52. The number of hydrogen-bond acceptors (Lipinski definition) is 7. The molecule has 2 heterocycles. The van der Waals surface area contributed by atoms with E-state index in [0.29, 0.717) is 0 Å². The lowest BCUT2D eigenvalue weighted by Gasteiger charge is -2.75. The van der Waals surface area contributed by atoms with E-state index in [1.807, 2.05) is 41.5 Å². The summed E-state index contributed by atoms with van der Waals surface area (Å²) in [6, 6.07) is 0. The predicted octanol–water partition coefficient (Wildman–Crippen LogP) is 5.24. The number of hydrogen-bond donors (Lipinski definition) is 0. The van der Waals surface area contributed by atoms with E-state index in [-0.39, 0.29) is 0 Å². The molecule has 2 saturated heterocycles. The van der Waals surface area contributed by atoms with Crippen molar-refractivity contribution in [3.8, 4) is 0 Å². The van der Waals surface area contributed by atoms with Gasteiger partial charge in [-0.1, -0.05) is 39.3 Å². The second-order valence-electron chi connectivity index (χ2n) is 13.7. The van der Waals surface area contributed by atoms with Crippen molar-refractivity contribution in [1.29, 1.82) is 0 Å². The largest absolute Gasteiger partial charge is 0.664 e. The van der Waals surface area contributed by atoms with Gasteiger partial charge in [0, 0.05) is 0 Å². The Kier molecular flexibility index (Phi) is 7.07. The van der Waals surface area contributed by atoms with Crippen molar-refractivity contribution in [2.45, 2.75) is 118 Å². The first-order valence-corrected chi connectivity index (χ1v) is 27.3. The normalized spacial score (nSPS) is 26.7. The first-order valence-electron chi connectivity index (χ1n) is 11.4. The SMILES string of the molecule is CC(C)(C)O[Si]1(OC(C)(C)C)O[Si](C)(C)O[Si]2(O1)N([Si](C)(C)C)[Si](C)(C)N2[Si](C)(C)C. The summed E-state index contributed by atoms with van der Waals surface area (Å²) >= 11 is 0. The summed E-state index contributed by atoms with van der Waals surface area (Å²) in [4.78, 5) is 0. The number of nitrogens with zero attached hydrogens (tertiary/aromatic N) is 2. The molecule has 2 fully saturated rings. The predicted molar refractivity (Wildman–Crippen MR) is 142 cm³/mol. The lowest BCUT2D eigenvalue weighted by molar-refractivity contribution is -0.0879. The van der Waals surface area contributed by atoms with E-state index < -0.39 is 62.6 Å². The van der Waals surface area contributed by atoms with Gasteiger partial charge >= 0.3 is 26.5 Å². The van der Waals surface area contributed by atoms with E-state index in [1.54, 1.807) is 0 Å². The highest BCUT2D eigenvalue weighted by atomic mass is 28.6. The maximum atomic E-state index is 7.18. The second-order valence-corrected chi connectivity index (χ2v) is 38.5. The maximum absolute atomic E-state index is 7.18. The molecular weight excluding hydrogens is 493 g/mol. The van der Waals surface area contributed by atoms with Gasteiger partial charge in [-0.3, -0.25) is 0 Å². The average Bonchev–Trinajstić information content (AvgIpc) is 2.22. The Balaban J connectivity index is 2.76. The third-order valence-corrected chi connectivity index (χ3v) is 38.7. The van der Waals surface area contributed by atoms with Crippen LogP contribution in [0.3, 0.4) is 0 Å². The molecule has 13 heteroatoms.